The fraction of sp³-hybridized carbons (Fsp3) is 0.267. The molecule has 1 aromatic heterocycles. The van der Waals surface area contributed by atoms with Crippen LogP contribution in [0, 0.1) is 6.92 Å². The zero-order chi connectivity index (χ0) is 15.2. The van der Waals surface area contributed by atoms with E-state index in [1.807, 2.05) is 25.1 Å². The van der Waals surface area contributed by atoms with Gasteiger partial charge in [-0.15, -0.1) is 0 Å². The Labute approximate surface area is 123 Å². The maximum Gasteiger partial charge on any atom is 0.248 e. The van der Waals surface area contributed by atoms with Crippen LogP contribution < -0.4 is 11.1 Å². The minimum absolute atomic E-state index is 0.379. The minimum atomic E-state index is -0.426. The van der Waals surface area contributed by atoms with Gasteiger partial charge < -0.3 is 15.8 Å². The molecule has 110 valence electrons. The van der Waals surface area contributed by atoms with Crippen molar-refractivity contribution in [2.45, 2.75) is 20.1 Å². The highest BCUT2D eigenvalue weighted by atomic mass is 16.5. The van der Waals surface area contributed by atoms with Gasteiger partial charge >= 0.3 is 0 Å². The number of nitrogens with zero attached hydrogens (tertiary/aromatic N) is 2. The summed E-state index contributed by atoms with van der Waals surface area (Å²) in [4.78, 5) is 19.7. The number of aryl methyl sites for hydroxylation is 1. The summed E-state index contributed by atoms with van der Waals surface area (Å²) in [5.41, 5.74) is 7.62. The predicted molar refractivity (Wildman–Crippen MR) is 79.8 cm³/mol. The maximum absolute atomic E-state index is 11.0. The fourth-order valence-electron chi connectivity index (χ4n) is 1.89. The van der Waals surface area contributed by atoms with Gasteiger partial charge in [0, 0.05) is 31.0 Å². The molecule has 0 atom stereocenters. The van der Waals surface area contributed by atoms with Gasteiger partial charge in [0.15, 0.2) is 5.82 Å². The van der Waals surface area contributed by atoms with Crippen molar-refractivity contribution in [2.24, 2.45) is 5.73 Å². The van der Waals surface area contributed by atoms with Crippen molar-refractivity contribution in [3.8, 4) is 0 Å². The van der Waals surface area contributed by atoms with Crippen molar-refractivity contribution in [3.05, 3.63) is 53.0 Å². The molecule has 0 aliphatic heterocycles. The molecule has 0 bridgehead atoms. The van der Waals surface area contributed by atoms with E-state index in [0.29, 0.717) is 24.5 Å². The summed E-state index contributed by atoms with van der Waals surface area (Å²) in [6.45, 7) is 2.89. The number of carbonyl (C=O) groups excluding carboxylic acids is 1. The summed E-state index contributed by atoms with van der Waals surface area (Å²) >= 11 is 0. The van der Waals surface area contributed by atoms with E-state index in [2.05, 4.69) is 15.3 Å². The number of aromatic nitrogens is 2. The summed E-state index contributed by atoms with van der Waals surface area (Å²) in [5.74, 6) is 0.961. The van der Waals surface area contributed by atoms with E-state index in [1.54, 1.807) is 19.2 Å². The molecule has 1 heterocycles. The zero-order valence-corrected chi connectivity index (χ0v) is 12.1. The number of nitrogens with one attached hydrogen (secondary N) is 1. The number of primary amides is 1. The van der Waals surface area contributed by atoms with Crippen molar-refractivity contribution >= 4 is 11.7 Å². The van der Waals surface area contributed by atoms with E-state index in [1.165, 1.54) is 0 Å². The van der Waals surface area contributed by atoms with Gasteiger partial charge in [0.25, 0.3) is 0 Å². The van der Waals surface area contributed by atoms with Crippen LogP contribution in [0.15, 0.2) is 30.3 Å². The zero-order valence-electron chi connectivity index (χ0n) is 12.1. The number of amides is 1. The highest BCUT2D eigenvalue weighted by molar-refractivity contribution is 5.92. The number of hydrogen-bond acceptors (Lipinski definition) is 5. The first-order chi connectivity index (χ1) is 10.1. The molecule has 0 radical (unpaired) electrons. The lowest BCUT2D eigenvalue weighted by atomic mass is 10.1. The SMILES string of the molecule is COCc1nc(C)cc(NCc2ccc(C(N)=O)cc2)n1. The third-order valence-electron chi connectivity index (χ3n) is 2.89. The molecule has 2 aromatic rings. The molecule has 0 unspecified atom stereocenters. The number of methoxy groups -OCH3 is 1. The Morgan fingerprint density at radius 3 is 2.62 bits per heavy atom. The average molecular weight is 286 g/mol. The normalized spacial score (nSPS) is 10.4. The Kier molecular flexibility index (Phi) is 4.84. The second-order valence-corrected chi connectivity index (χ2v) is 4.66. The molecule has 21 heavy (non-hydrogen) atoms. The van der Waals surface area contributed by atoms with Gasteiger partial charge in [-0.05, 0) is 24.6 Å². The molecule has 1 amide bonds. The molecule has 2 rings (SSSR count). The van der Waals surface area contributed by atoms with Crippen LogP contribution in [0.25, 0.3) is 0 Å². The van der Waals surface area contributed by atoms with E-state index in [9.17, 15) is 4.79 Å². The highest BCUT2D eigenvalue weighted by Gasteiger charge is 2.03. The Balaban J connectivity index is 2.03. The molecule has 0 fully saturated rings. The summed E-state index contributed by atoms with van der Waals surface area (Å²) in [7, 11) is 1.61. The van der Waals surface area contributed by atoms with Gasteiger partial charge in [0.05, 0.1) is 0 Å². The number of benzene rings is 1. The molecule has 6 heteroatoms. The van der Waals surface area contributed by atoms with Crippen molar-refractivity contribution in [3.63, 3.8) is 0 Å². The molecular formula is C15H18N4O2. The fourth-order valence-corrected chi connectivity index (χ4v) is 1.89. The number of hydrogen-bond donors (Lipinski definition) is 2. The predicted octanol–water partition coefficient (Wildman–Crippen LogP) is 1.64. The van der Waals surface area contributed by atoms with Crippen LogP contribution >= 0.6 is 0 Å². The van der Waals surface area contributed by atoms with E-state index >= 15 is 0 Å². The van der Waals surface area contributed by atoms with Crippen molar-refractivity contribution in [1.82, 2.24) is 9.97 Å². The van der Waals surface area contributed by atoms with E-state index in [0.717, 1.165) is 17.1 Å². The molecule has 0 aliphatic carbocycles. The van der Waals surface area contributed by atoms with Gasteiger partial charge in [-0.25, -0.2) is 9.97 Å². The van der Waals surface area contributed by atoms with Crippen LogP contribution in [0.4, 0.5) is 5.82 Å². The molecule has 0 aliphatic rings. The summed E-state index contributed by atoms with van der Waals surface area (Å²) in [5, 5.41) is 3.23. The Bertz CT molecular complexity index is 626. The number of ether oxygens (including phenoxy) is 1. The van der Waals surface area contributed by atoms with Gasteiger partial charge in [-0.2, -0.15) is 0 Å². The monoisotopic (exact) mass is 286 g/mol. The second kappa shape index (κ2) is 6.81. The van der Waals surface area contributed by atoms with E-state index in [-0.39, 0.29) is 0 Å². The van der Waals surface area contributed by atoms with Crippen molar-refractivity contribution < 1.29 is 9.53 Å². The summed E-state index contributed by atoms with van der Waals surface area (Å²) in [6, 6.07) is 9.01. The van der Waals surface area contributed by atoms with Gasteiger partial charge in [0.2, 0.25) is 5.91 Å². The van der Waals surface area contributed by atoms with Crippen LogP contribution in [-0.4, -0.2) is 23.0 Å². The third-order valence-corrected chi connectivity index (χ3v) is 2.89. The van der Waals surface area contributed by atoms with Crippen molar-refractivity contribution in [2.75, 3.05) is 12.4 Å². The number of nitrogens with two attached hydrogens (primary N) is 1. The molecule has 0 saturated heterocycles. The van der Waals surface area contributed by atoms with Crippen LogP contribution in [-0.2, 0) is 17.9 Å². The Morgan fingerprint density at radius 2 is 2.00 bits per heavy atom. The smallest absolute Gasteiger partial charge is 0.248 e. The number of anilines is 1. The largest absolute Gasteiger partial charge is 0.377 e. The molecule has 0 saturated carbocycles. The van der Waals surface area contributed by atoms with Gasteiger partial charge in [-0.1, -0.05) is 12.1 Å². The standard InChI is InChI=1S/C15H18N4O2/c1-10-7-13(19-14(18-10)9-21-2)17-8-11-3-5-12(6-4-11)15(16)20/h3-7H,8-9H2,1-2H3,(H2,16,20)(H,17,18,19). The minimum Gasteiger partial charge on any atom is -0.377 e. The summed E-state index contributed by atoms with van der Waals surface area (Å²) in [6.07, 6.45) is 0. The van der Waals surface area contributed by atoms with Crippen LogP contribution in [0.1, 0.15) is 27.4 Å². The lowest BCUT2D eigenvalue weighted by molar-refractivity contribution is 0.100. The van der Waals surface area contributed by atoms with Crippen molar-refractivity contribution in [1.29, 1.82) is 0 Å². The topological polar surface area (TPSA) is 90.1 Å². The molecule has 1 aromatic carbocycles. The van der Waals surface area contributed by atoms with Crippen LogP contribution in [0.5, 0.6) is 0 Å². The first kappa shape index (κ1) is 14.9. The van der Waals surface area contributed by atoms with E-state index in [4.69, 9.17) is 10.5 Å². The lowest BCUT2D eigenvalue weighted by Crippen LogP contribution is -2.11. The number of rotatable bonds is 6. The second-order valence-electron chi connectivity index (χ2n) is 4.66. The molecule has 3 N–H and O–H groups in total. The first-order valence-corrected chi connectivity index (χ1v) is 6.54. The van der Waals surface area contributed by atoms with Gasteiger partial charge in [-0.3, -0.25) is 4.79 Å². The summed E-state index contributed by atoms with van der Waals surface area (Å²) < 4.78 is 5.04. The van der Waals surface area contributed by atoms with Crippen LogP contribution in [0.3, 0.4) is 0 Å². The number of carbonyl (C=O) groups is 1. The average Bonchev–Trinajstić information content (AvgIpc) is 2.45. The first-order valence-electron chi connectivity index (χ1n) is 6.54. The maximum atomic E-state index is 11.0. The Hall–Kier alpha value is -2.47. The molecule has 6 nitrogen and oxygen atoms in total. The third kappa shape index (κ3) is 4.25. The van der Waals surface area contributed by atoms with Gasteiger partial charge in [0.1, 0.15) is 12.4 Å². The quantitative estimate of drug-likeness (QED) is 0.842. The van der Waals surface area contributed by atoms with E-state index < -0.39 is 5.91 Å². The lowest BCUT2D eigenvalue weighted by Gasteiger charge is -2.08. The Morgan fingerprint density at radius 1 is 1.29 bits per heavy atom. The molecular weight excluding hydrogens is 268 g/mol. The highest BCUT2D eigenvalue weighted by Crippen LogP contribution is 2.10. The van der Waals surface area contributed by atoms with Crippen LogP contribution in [0.2, 0.25) is 0 Å². The molecule has 0 spiro atoms.